The van der Waals surface area contributed by atoms with Crippen molar-refractivity contribution in [1.29, 1.82) is 0 Å². The first kappa shape index (κ1) is 16.4. The largest absolute Gasteiger partial charge is 0.350 e. The van der Waals surface area contributed by atoms with Crippen molar-refractivity contribution in [2.24, 2.45) is 0 Å². The Balaban J connectivity index is 1.66. The van der Waals surface area contributed by atoms with Gasteiger partial charge in [0.1, 0.15) is 0 Å². The quantitative estimate of drug-likeness (QED) is 0.907. The molecule has 0 bridgehead atoms. The molecule has 1 aromatic heterocycles. The minimum absolute atomic E-state index is 0.175. The third-order valence-corrected chi connectivity index (χ3v) is 4.66. The second kappa shape index (κ2) is 6.56. The van der Waals surface area contributed by atoms with Crippen molar-refractivity contribution in [3.05, 3.63) is 35.2 Å². The fraction of sp³-hybridized carbons (Fsp3) is 0.312. The number of aromatic nitrogens is 2. The molecule has 2 heterocycles. The second-order valence-electron chi connectivity index (χ2n) is 5.45. The molecule has 1 N–H and O–H groups in total. The summed E-state index contributed by atoms with van der Waals surface area (Å²) in [5.41, 5.74) is 3.54. The molecule has 7 nitrogen and oxygen atoms in total. The van der Waals surface area contributed by atoms with E-state index in [2.05, 4.69) is 15.3 Å². The van der Waals surface area contributed by atoms with E-state index in [1.165, 1.54) is 0 Å². The molecule has 0 atom stereocenters. The molecule has 3 rings (SSSR count). The Morgan fingerprint density at radius 3 is 2.58 bits per heavy atom. The summed E-state index contributed by atoms with van der Waals surface area (Å²) in [6.45, 7) is 4.16. The summed E-state index contributed by atoms with van der Waals surface area (Å²) in [5.74, 6) is -0.315. The number of rotatable bonds is 4. The third-order valence-electron chi connectivity index (χ3n) is 3.80. The highest BCUT2D eigenvalue weighted by Crippen LogP contribution is 2.18. The number of nitrogens with zero attached hydrogens (tertiary/aromatic N) is 3. The number of carbonyl (C=O) groups excluding carboxylic acids is 3. The number of carbonyl (C=O) groups is 3. The van der Waals surface area contributed by atoms with Gasteiger partial charge in [0.25, 0.3) is 11.1 Å². The van der Waals surface area contributed by atoms with Crippen LogP contribution >= 0.6 is 11.8 Å². The average molecular weight is 344 g/mol. The molecule has 0 radical (unpaired) electrons. The predicted molar refractivity (Wildman–Crippen MR) is 90.9 cm³/mol. The summed E-state index contributed by atoms with van der Waals surface area (Å²) < 4.78 is 0. The molecule has 1 aliphatic rings. The Hall–Kier alpha value is -2.48. The van der Waals surface area contributed by atoms with Gasteiger partial charge in [0.05, 0.1) is 28.2 Å². The maximum absolute atomic E-state index is 12.2. The molecule has 124 valence electrons. The Morgan fingerprint density at radius 1 is 1.21 bits per heavy atom. The lowest BCUT2D eigenvalue weighted by atomic mass is 10.1. The molecule has 24 heavy (non-hydrogen) atoms. The van der Waals surface area contributed by atoms with Crippen molar-refractivity contribution in [2.75, 3.05) is 18.8 Å². The van der Waals surface area contributed by atoms with Crippen molar-refractivity contribution in [2.45, 2.75) is 13.8 Å². The standard InChI is InChI=1S/C16H16N4O3S/c1-9-10(2)19-13-7-11(3-4-12(13)18-9)15(22)17-5-6-20-14(21)8-24-16(20)23/h3-4,7H,5-6,8H2,1-2H3,(H,17,22). The summed E-state index contributed by atoms with van der Waals surface area (Å²) in [6, 6.07) is 5.13. The van der Waals surface area contributed by atoms with Gasteiger partial charge in [-0.2, -0.15) is 0 Å². The maximum atomic E-state index is 12.2. The van der Waals surface area contributed by atoms with E-state index < -0.39 is 0 Å². The highest BCUT2D eigenvalue weighted by molar-refractivity contribution is 8.14. The molecular formula is C16H16N4O3S. The molecule has 1 aromatic carbocycles. The highest BCUT2D eigenvalue weighted by atomic mass is 32.2. The Labute approximate surface area is 142 Å². The number of fused-ring (bicyclic) bond motifs is 1. The van der Waals surface area contributed by atoms with Crippen LogP contribution in [0.4, 0.5) is 4.79 Å². The number of amides is 3. The first-order valence-electron chi connectivity index (χ1n) is 7.46. The monoisotopic (exact) mass is 344 g/mol. The topological polar surface area (TPSA) is 92.3 Å². The van der Waals surface area contributed by atoms with E-state index in [0.717, 1.165) is 33.6 Å². The lowest BCUT2D eigenvalue weighted by Crippen LogP contribution is -2.37. The van der Waals surface area contributed by atoms with Crippen LogP contribution in [0.3, 0.4) is 0 Å². The Kier molecular flexibility index (Phi) is 4.48. The summed E-state index contributed by atoms with van der Waals surface area (Å²) >= 11 is 0.982. The van der Waals surface area contributed by atoms with Gasteiger partial charge in [0.15, 0.2) is 0 Å². The zero-order valence-corrected chi connectivity index (χ0v) is 14.1. The summed E-state index contributed by atoms with van der Waals surface area (Å²) in [6.07, 6.45) is 0. The van der Waals surface area contributed by atoms with E-state index in [9.17, 15) is 14.4 Å². The third kappa shape index (κ3) is 3.23. The molecule has 1 saturated heterocycles. The Morgan fingerprint density at radius 2 is 1.92 bits per heavy atom. The number of imide groups is 1. The van der Waals surface area contributed by atoms with Crippen molar-refractivity contribution in [3.63, 3.8) is 0 Å². The van der Waals surface area contributed by atoms with E-state index in [0.29, 0.717) is 11.1 Å². The van der Waals surface area contributed by atoms with Gasteiger partial charge < -0.3 is 5.32 Å². The molecular weight excluding hydrogens is 328 g/mol. The van der Waals surface area contributed by atoms with Crippen LogP contribution in [0.5, 0.6) is 0 Å². The van der Waals surface area contributed by atoms with Crippen LogP contribution < -0.4 is 5.32 Å². The predicted octanol–water partition coefficient (Wildman–Crippen LogP) is 1.67. The molecule has 0 aliphatic carbocycles. The van der Waals surface area contributed by atoms with E-state index in [-0.39, 0.29) is 35.9 Å². The molecule has 2 aromatic rings. The van der Waals surface area contributed by atoms with E-state index in [1.54, 1.807) is 18.2 Å². The van der Waals surface area contributed by atoms with Crippen LogP contribution in [-0.4, -0.2) is 50.8 Å². The summed E-state index contributed by atoms with van der Waals surface area (Å²) in [5, 5.41) is 2.45. The second-order valence-corrected chi connectivity index (χ2v) is 6.38. The van der Waals surface area contributed by atoms with Crippen LogP contribution in [0.15, 0.2) is 18.2 Å². The zero-order chi connectivity index (χ0) is 17.3. The fourth-order valence-corrected chi connectivity index (χ4v) is 3.10. The summed E-state index contributed by atoms with van der Waals surface area (Å²) in [4.78, 5) is 45.2. The van der Waals surface area contributed by atoms with Crippen LogP contribution in [0, 0.1) is 13.8 Å². The lowest BCUT2D eigenvalue weighted by molar-refractivity contribution is -0.124. The van der Waals surface area contributed by atoms with Crippen molar-refractivity contribution >= 4 is 39.8 Å². The molecule has 1 fully saturated rings. The minimum atomic E-state index is -0.274. The number of aryl methyl sites for hydroxylation is 2. The minimum Gasteiger partial charge on any atom is -0.350 e. The van der Waals surface area contributed by atoms with Gasteiger partial charge in [-0.05, 0) is 32.0 Å². The normalized spacial score (nSPS) is 14.5. The number of hydrogen-bond donors (Lipinski definition) is 1. The highest BCUT2D eigenvalue weighted by Gasteiger charge is 2.29. The van der Waals surface area contributed by atoms with Crippen molar-refractivity contribution in [3.8, 4) is 0 Å². The van der Waals surface area contributed by atoms with Crippen LogP contribution in [0.1, 0.15) is 21.7 Å². The molecule has 0 spiro atoms. The van der Waals surface area contributed by atoms with Gasteiger partial charge in [-0.25, -0.2) is 9.97 Å². The van der Waals surface area contributed by atoms with Crippen LogP contribution in [0.2, 0.25) is 0 Å². The van der Waals surface area contributed by atoms with Gasteiger partial charge >= 0.3 is 0 Å². The number of nitrogens with one attached hydrogen (secondary N) is 1. The van der Waals surface area contributed by atoms with E-state index >= 15 is 0 Å². The molecule has 0 saturated carbocycles. The average Bonchev–Trinajstić information content (AvgIpc) is 2.87. The summed E-state index contributed by atoms with van der Waals surface area (Å²) in [7, 11) is 0. The van der Waals surface area contributed by atoms with Gasteiger partial charge in [0.2, 0.25) is 5.91 Å². The van der Waals surface area contributed by atoms with Gasteiger partial charge in [-0.15, -0.1) is 0 Å². The maximum Gasteiger partial charge on any atom is 0.288 e. The van der Waals surface area contributed by atoms with Crippen molar-refractivity contribution in [1.82, 2.24) is 20.2 Å². The van der Waals surface area contributed by atoms with Gasteiger partial charge in [0, 0.05) is 18.7 Å². The zero-order valence-electron chi connectivity index (χ0n) is 13.3. The van der Waals surface area contributed by atoms with Crippen LogP contribution in [-0.2, 0) is 4.79 Å². The Bertz CT molecular complexity index is 837. The molecule has 3 amide bonds. The number of benzene rings is 1. The fourth-order valence-electron chi connectivity index (χ4n) is 2.35. The first-order chi connectivity index (χ1) is 11.5. The van der Waals surface area contributed by atoms with Crippen molar-refractivity contribution < 1.29 is 14.4 Å². The molecule has 0 unspecified atom stereocenters. The van der Waals surface area contributed by atoms with E-state index in [1.807, 2.05) is 13.8 Å². The van der Waals surface area contributed by atoms with Gasteiger partial charge in [-0.1, -0.05) is 11.8 Å². The SMILES string of the molecule is Cc1nc2ccc(C(=O)NCCN3C(=O)CSC3=O)cc2nc1C. The van der Waals surface area contributed by atoms with E-state index in [4.69, 9.17) is 0 Å². The van der Waals surface area contributed by atoms with Gasteiger partial charge in [-0.3, -0.25) is 19.3 Å². The first-order valence-corrected chi connectivity index (χ1v) is 8.44. The smallest absolute Gasteiger partial charge is 0.288 e. The lowest BCUT2D eigenvalue weighted by Gasteiger charge is -2.13. The van der Waals surface area contributed by atoms with Crippen LogP contribution in [0.25, 0.3) is 11.0 Å². The number of hydrogen-bond acceptors (Lipinski definition) is 6. The molecule has 8 heteroatoms. The number of thioether (sulfide) groups is 1. The molecule has 1 aliphatic heterocycles.